The zero-order valence-electron chi connectivity index (χ0n) is 87.4. The standard InChI is InChI=1S/C93H154N9O45P/c1-18-19-28-137-148(102(58(2)3)59(4)5)138-54-50-130-46-45-129-44-43-128-42-41-127-40-39-126-38-37-125-36-35-124-34-33-120-29-24-79(117)101-73(90(119)96-27-32-123-49-53-133-93-82(99-62(8)105)88(144-71(17)114)85(141-68(14)111)76(147-93)57-136-65(11)108)21-23-78(116)100-72(89(118)95-26-31-122-48-52-132-92-81(98-61(7)104)87(143-70(16)113)84(140-67(13)110)75(146-92)56-135-64(10)107)20-22-77(115)94-25-30-121-47-51-131-91-80(97-60(6)103)86(142-69(15)112)83(139-66(12)109)74(145-91)55-134-63(9)106/h1,58-59,72-76,80-88,91-93H,19-57H2,2-17H3,(H,94,115)(H,95,118)(H,96,119)(H,97,103)(H,98,104)(H,99,105)(H,100,116)(H,101,117). The van der Waals surface area contributed by atoms with E-state index < -0.39 is 253 Å². The summed E-state index contributed by atoms with van der Waals surface area (Å²) >= 11 is 0. The van der Waals surface area contributed by atoms with Gasteiger partial charge in [0.2, 0.25) is 47.3 Å². The van der Waals surface area contributed by atoms with Crippen LogP contribution >= 0.6 is 8.53 Å². The molecule has 54 nitrogen and oxygen atoms in total. The maximum absolute atomic E-state index is 14.2. The Balaban J connectivity index is 1.71. The van der Waals surface area contributed by atoms with Crippen molar-refractivity contribution in [3.8, 4) is 12.3 Å². The minimum Gasteiger partial charge on any atom is -0.463 e. The molecule has 3 aliphatic heterocycles. The number of ether oxygens (including phenoxy) is 26. The summed E-state index contributed by atoms with van der Waals surface area (Å²) in [6, 6.07) is -6.31. The molecule has 0 aromatic rings. The van der Waals surface area contributed by atoms with Crippen LogP contribution in [0.4, 0.5) is 0 Å². The highest BCUT2D eigenvalue weighted by Crippen LogP contribution is 2.46. The molecule has 0 aliphatic carbocycles. The van der Waals surface area contributed by atoms with Gasteiger partial charge in [-0.05, 0) is 40.5 Å². The van der Waals surface area contributed by atoms with E-state index >= 15 is 0 Å². The summed E-state index contributed by atoms with van der Waals surface area (Å²) < 4.78 is 160. The van der Waals surface area contributed by atoms with Crippen molar-refractivity contribution in [3.63, 3.8) is 0 Å². The van der Waals surface area contributed by atoms with Crippen LogP contribution in [0.1, 0.15) is 149 Å². The van der Waals surface area contributed by atoms with Crippen LogP contribution in [0.25, 0.3) is 0 Å². The first-order valence-corrected chi connectivity index (χ1v) is 49.8. The Morgan fingerprint density at radius 2 is 0.561 bits per heavy atom. The van der Waals surface area contributed by atoms with Gasteiger partial charge in [-0.25, -0.2) is 4.67 Å². The molecule has 0 bridgehead atoms. The van der Waals surface area contributed by atoms with Gasteiger partial charge in [0.15, 0.2) is 55.5 Å². The van der Waals surface area contributed by atoms with E-state index in [1.807, 2.05) is 0 Å². The topological polar surface area (TPSA) is 648 Å². The highest BCUT2D eigenvalue weighted by Gasteiger charge is 2.55. The van der Waals surface area contributed by atoms with Crippen molar-refractivity contribution in [3.05, 3.63) is 0 Å². The van der Waals surface area contributed by atoms with Crippen LogP contribution in [-0.4, -0.2) is 440 Å². The number of nitrogens with zero attached hydrogens (tertiary/aromatic N) is 1. The van der Waals surface area contributed by atoms with E-state index in [1.165, 1.54) is 6.92 Å². The van der Waals surface area contributed by atoms with Gasteiger partial charge in [-0.1, -0.05) is 0 Å². The van der Waals surface area contributed by atoms with Gasteiger partial charge in [0, 0.05) is 140 Å². The first-order chi connectivity index (χ1) is 70.6. The minimum absolute atomic E-state index is 0.0547. The van der Waals surface area contributed by atoms with Crippen LogP contribution in [-0.2, 0) is 214 Å². The smallest absolute Gasteiger partial charge is 0.303 e. The highest BCUT2D eigenvalue weighted by atomic mass is 31.2. The van der Waals surface area contributed by atoms with E-state index in [4.69, 9.17) is 139 Å². The fourth-order valence-corrected chi connectivity index (χ4v) is 15.9. The zero-order valence-corrected chi connectivity index (χ0v) is 88.3. The van der Waals surface area contributed by atoms with Crippen LogP contribution < -0.4 is 42.5 Å². The van der Waals surface area contributed by atoms with Gasteiger partial charge in [0.1, 0.15) is 68.3 Å². The summed E-state index contributed by atoms with van der Waals surface area (Å²) in [5.74, 6) is -10.2. The first kappa shape index (κ1) is 132. The lowest BCUT2D eigenvalue weighted by molar-refractivity contribution is -0.279. The molecule has 18 atom stereocenters. The summed E-state index contributed by atoms with van der Waals surface area (Å²) in [5.41, 5.74) is 0. The van der Waals surface area contributed by atoms with E-state index in [1.54, 1.807) is 0 Å². The van der Waals surface area contributed by atoms with Crippen LogP contribution in [0.2, 0.25) is 0 Å². The maximum atomic E-state index is 14.2. The van der Waals surface area contributed by atoms with E-state index in [-0.39, 0.29) is 144 Å². The second-order valence-electron chi connectivity index (χ2n) is 33.4. The Bertz CT molecular complexity index is 4000. The minimum atomic E-state index is -1.47. The average molecular weight is 2150 g/mol. The third-order valence-electron chi connectivity index (χ3n) is 20.2. The summed E-state index contributed by atoms with van der Waals surface area (Å²) in [6.07, 6.45) is -12.5. The monoisotopic (exact) mass is 2150 g/mol. The number of esters is 9. The largest absolute Gasteiger partial charge is 0.463 e. The lowest BCUT2D eigenvalue weighted by Crippen LogP contribution is -2.66. The number of hydrogen-bond acceptors (Lipinski definition) is 46. The Labute approximate surface area is 862 Å². The van der Waals surface area contributed by atoms with Crippen LogP contribution in [0.5, 0.6) is 0 Å². The van der Waals surface area contributed by atoms with Gasteiger partial charge in [-0.2, -0.15) is 0 Å². The number of amides is 8. The van der Waals surface area contributed by atoms with E-state index in [0.717, 1.165) is 76.2 Å². The van der Waals surface area contributed by atoms with Crippen molar-refractivity contribution in [2.45, 2.75) is 265 Å². The fourth-order valence-electron chi connectivity index (χ4n) is 14.3. The Morgan fingerprint density at radius 3 is 0.845 bits per heavy atom. The molecule has 3 fully saturated rings. The van der Waals surface area contributed by atoms with E-state index in [0.29, 0.717) is 85.7 Å². The molecule has 846 valence electrons. The molecule has 55 heteroatoms. The van der Waals surface area contributed by atoms with Gasteiger partial charge < -0.3 is 175 Å². The SMILES string of the molecule is C#CCCOP(OCCOCCOCCOCCOCCOCCOCCOCCOCCC(=O)NC(CCC(=O)NC(CCC(=O)NCCOCCOC1OC(COC(C)=O)C(OC(C)=O)C(OC(C)=O)C1NC(C)=O)C(=O)NCCOCCOC1OC(COC(C)=O)C(OC(C)=O)C(OC(C)=O)C1NC(C)=O)C(=O)NCCOCCOC1OC(COC(C)=O)C(OC(C)=O)C(OC(C)=O)C1NC(C)=O)N(C(C)C)C(C)C. The quantitative estimate of drug-likeness (QED) is 0.0106. The van der Waals surface area contributed by atoms with Crippen molar-refractivity contribution < 1.29 is 214 Å². The lowest BCUT2D eigenvalue weighted by Gasteiger charge is -2.44. The van der Waals surface area contributed by atoms with Gasteiger partial charge in [0.25, 0.3) is 8.53 Å². The number of carbonyl (C=O) groups is 17. The van der Waals surface area contributed by atoms with Crippen molar-refractivity contribution in [2.75, 3.05) is 218 Å². The summed E-state index contributed by atoms with van der Waals surface area (Å²) in [6.45, 7) is 22.8. The zero-order chi connectivity index (χ0) is 110. The maximum Gasteiger partial charge on any atom is 0.303 e. The number of nitrogens with one attached hydrogen (secondary N) is 8. The summed E-state index contributed by atoms with van der Waals surface area (Å²) in [4.78, 5) is 217. The normalized spacial score (nSPS) is 21.1. The van der Waals surface area contributed by atoms with Crippen molar-refractivity contribution in [1.82, 2.24) is 47.2 Å². The molecule has 0 radical (unpaired) electrons. The van der Waals surface area contributed by atoms with Crippen molar-refractivity contribution in [1.29, 1.82) is 0 Å². The van der Waals surface area contributed by atoms with Gasteiger partial charge in [-0.15, -0.1) is 12.3 Å². The van der Waals surface area contributed by atoms with Crippen LogP contribution in [0, 0.1) is 12.3 Å². The molecule has 8 N–H and O–H groups in total. The molecule has 148 heavy (non-hydrogen) atoms. The number of hydrogen-bond donors (Lipinski definition) is 8. The molecule has 0 aromatic heterocycles. The van der Waals surface area contributed by atoms with Crippen molar-refractivity contribution >= 4 is 110 Å². The molecule has 3 saturated heterocycles. The number of terminal acetylenes is 1. The van der Waals surface area contributed by atoms with Crippen molar-refractivity contribution in [2.24, 2.45) is 0 Å². The molecule has 8 amide bonds. The molecule has 0 aromatic carbocycles. The molecule has 0 spiro atoms. The Kier molecular flexibility index (Phi) is 70.1. The Morgan fingerprint density at radius 1 is 0.304 bits per heavy atom. The van der Waals surface area contributed by atoms with Gasteiger partial charge >= 0.3 is 53.7 Å². The van der Waals surface area contributed by atoms with E-state index in [9.17, 15) is 81.5 Å². The summed E-state index contributed by atoms with van der Waals surface area (Å²) in [7, 11) is -1.28. The highest BCUT2D eigenvalue weighted by molar-refractivity contribution is 7.44. The molecule has 3 rings (SSSR count). The second-order valence-corrected chi connectivity index (χ2v) is 34.9. The number of carbonyl (C=O) groups excluding carboxylic acids is 17. The molecule has 18 unspecified atom stereocenters. The third kappa shape index (κ3) is 59.7. The Hall–Kier alpha value is -9.82. The third-order valence-corrected chi connectivity index (χ3v) is 22.3. The molecule has 0 saturated carbocycles. The predicted molar refractivity (Wildman–Crippen MR) is 509 cm³/mol. The number of rotatable bonds is 80. The summed E-state index contributed by atoms with van der Waals surface area (Å²) in [5, 5.41) is 20.9. The molecule has 3 heterocycles. The molecular formula is C93H154N9O45P. The molecule has 3 aliphatic rings. The van der Waals surface area contributed by atoms with Crippen LogP contribution in [0.3, 0.4) is 0 Å². The molecular weight excluding hydrogens is 1990 g/mol. The predicted octanol–water partition coefficient (Wildman–Crippen LogP) is -2.14. The van der Waals surface area contributed by atoms with Crippen LogP contribution in [0.15, 0.2) is 0 Å². The second kappa shape index (κ2) is 78.4. The van der Waals surface area contributed by atoms with Gasteiger partial charge in [-0.3, -0.25) is 81.5 Å². The fraction of sp³-hybridized carbons (Fsp3) is 0.796. The van der Waals surface area contributed by atoms with E-state index in [2.05, 4.69) is 80.8 Å². The average Bonchev–Trinajstić information content (AvgIpc) is 0.792. The first-order valence-electron chi connectivity index (χ1n) is 48.7. The van der Waals surface area contributed by atoms with Gasteiger partial charge in [0.05, 0.1) is 178 Å². The lowest BCUT2D eigenvalue weighted by atomic mass is 9.96.